The van der Waals surface area contributed by atoms with E-state index in [4.69, 9.17) is 27.5 Å². The van der Waals surface area contributed by atoms with Crippen LogP contribution in [0.25, 0.3) is 0 Å². The van der Waals surface area contributed by atoms with E-state index in [2.05, 4.69) is 15.3 Å². The SMILES string of the molecule is Nc1nc(Nc2ccc(C(F)(F)F)c(Cl)c2)ncc1C(=O)O.OCCc1ccccc1. The van der Waals surface area contributed by atoms with Crippen molar-refractivity contribution in [3.8, 4) is 0 Å². The Morgan fingerprint density at radius 1 is 1.16 bits per heavy atom. The number of anilines is 3. The highest BCUT2D eigenvalue weighted by Crippen LogP contribution is 2.36. The van der Waals surface area contributed by atoms with Crippen LogP contribution in [0.4, 0.5) is 30.6 Å². The first-order chi connectivity index (χ1) is 14.6. The number of aliphatic hydroxyl groups is 1. The van der Waals surface area contributed by atoms with Crippen LogP contribution < -0.4 is 11.1 Å². The minimum atomic E-state index is -4.56. The van der Waals surface area contributed by atoms with Gasteiger partial charge < -0.3 is 21.3 Å². The highest BCUT2D eigenvalue weighted by Gasteiger charge is 2.33. The van der Waals surface area contributed by atoms with E-state index in [1.165, 1.54) is 5.56 Å². The third kappa shape index (κ3) is 7.12. The van der Waals surface area contributed by atoms with E-state index in [0.29, 0.717) is 0 Å². The lowest BCUT2D eigenvalue weighted by molar-refractivity contribution is -0.137. The van der Waals surface area contributed by atoms with Crippen LogP contribution in [0, 0.1) is 0 Å². The lowest BCUT2D eigenvalue weighted by Gasteiger charge is -2.11. The lowest BCUT2D eigenvalue weighted by atomic mass is 10.2. The molecule has 0 bridgehead atoms. The molecule has 0 aliphatic carbocycles. The van der Waals surface area contributed by atoms with Gasteiger partial charge in [0.25, 0.3) is 0 Å². The summed E-state index contributed by atoms with van der Waals surface area (Å²) in [7, 11) is 0. The van der Waals surface area contributed by atoms with Gasteiger partial charge in [-0.05, 0) is 30.2 Å². The van der Waals surface area contributed by atoms with Crippen LogP contribution in [0.1, 0.15) is 21.5 Å². The summed E-state index contributed by atoms with van der Waals surface area (Å²) < 4.78 is 37.7. The number of nitrogen functional groups attached to an aromatic ring is 1. The standard InChI is InChI=1S/C12H8ClF3N4O2.C8H10O/c13-8-3-5(1-2-7(8)12(14,15)16)19-11-18-4-6(10(21)22)9(17)20-11;9-7-6-8-4-2-1-3-5-8/h1-4H,(H,21,22)(H3,17,18,19,20);1-5,9H,6-7H2. The molecule has 164 valence electrons. The highest BCUT2D eigenvalue weighted by atomic mass is 35.5. The van der Waals surface area contributed by atoms with E-state index < -0.39 is 22.7 Å². The molecule has 5 N–H and O–H groups in total. The number of carbonyl (C=O) groups is 1. The molecule has 0 saturated carbocycles. The molecule has 1 heterocycles. The Morgan fingerprint density at radius 3 is 2.35 bits per heavy atom. The maximum atomic E-state index is 12.6. The van der Waals surface area contributed by atoms with Crippen molar-refractivity contribution < 1.29 is 28.2 Å². The van der Waals surface area contributed by atoms with Crippen LogP contribution in [0.3, 0.4) is 0 Å². The molecule has 1 aromatic heterocycles. The van der Waals surface area contributed by atoms with Crippen molar-refractivity contribution in [1.82, 2.24) is 9.97 Å². The average Bonchev–Trinajstić information content (AvgIpc) is 2.68. The summed E-state index contributed by atoms with van der Waals surface area (Å²) in [6.07, 6.45) is -2.81. The fraction of sp³-hybridized carbons (Fsp3) is 0.150. The van der Waals surface area contributed by atoms with Crippen LogP contribution in [0.5, 0.6) is 0 Å². The number of aliphatic hydroxyl groups excluding tert-OH is 1. The number of carboxylic acids is 1. The molecular weight excluding hydrogens is 437 g/mol. The first-order valence-corrected chi connectivity index (χ1v) is 9.14. The largest absolute Gasteiger partial charge is 0.477 e. The number of aromatic nitrogens is 2. The van der Waals surface area contributed by atoms with E-state index in [0.717, 1.165) is 30.8 Å². The molecule has 0 spiro atoms. The first kappa shape index (κ1) is 23.9. The van der Waals surface area contributed by atoms with Crippen molar-refractivity contribution in [2.24, 2.45) is 0 Å². The molecule has 0 aliphatic rings. The van der Waals surface area contributed by atoms with Crippen LogP contribution in [-0.2, 0) is 12.6 Å². The number of benzene rings is 2. The van der Waals surface area contributed by atoms with Gasteiger partial charge in [0.05, 0.1) is 10.6 Å². The molecule has 0 atom stereocenters. The van der Waals surface area contributed by atoms with Crippen LogP contribution >= 0.6 is 11.6 Å². The lowest BCUT2D eigenvalue weighted by Crippen LogP contribution is -2.08. The Morgan fingerprint density at radius 2 is 1.84 bits per heavy atom. The van der Waals surface area contributed by atoms with Crippen molar-refractivity contribution in [3.63, 3.8) is 0 Å². The zero-order valence-electron chi connectivity index (χ0n) is 15.9. The predicted octanol–water partition coefficient (Wildman–Crippen LogP) is 4.39. The minimum Gasteiger partial charge on any atom is -0.477 e. The monoisotopic (exact) mass is 454 g/mol. The molecule has 0 fully saturated rings. The summed E-state index contributed by atoms with van der Waals surface area (Å²) in [6, 6.07) is 12.9. The second-order valence-corrected chi connectivity index (χ2v) is 6.48. The summed E-state index contributed by atoms with van der Waals surface area (Å²) in [6.45, 7) is 0.240. The van der Waals surface area contributed by atoms with Crippen molar-refractivity contribution in [1.29, 1.82) is 0 Å². The quantitative estimate of drug-likeness (QED) is 0.451. The number of nitrogens with two attached hydrogens (primary N) is 1. The van der Waals surface area contributed by atoms with E-state index >= 15 is 0 Å². The molecule has 0 saturated heterocycles. The zero-order chi connectivity index (χ0) is 23.0. The Hall–Kier alpha value is -3.37. The van der Waals surface area contributed by atoms with Crippen LogP contribution in [0.2, 0.25) is 5.02 Å². The summed E-state index contributed by atoms with van der Waals surface area (Å²) in [5.74, 6) is -1.64. The number of nitrogens with one attached hydrogen (secondary N) is 1. The van der Waals surface area contributed by atoms with Gasteiger partial charge >= 0.3 is 12.1 Å². The van der Waals surface area contributed by atoms with Gasteiger partial charge in [-0.2, -0.15) is 18.2 Å². The Balaban J connectivity index is 0.000000316. The third-order valence-corrected chi connectivity index (χ3v) is 4.14. The van der Waals surface area contributed by atoms with E-state index in [-0.39, 0.29) is 29.6 Å². The van der Waals surface area contributed by atoms with Gasteiger partial charge in [-0.3, -0.25) is 0 Å². The summed E-state index contributed by atoms with van der Waals surface area (Å²) >= 11 is 5.58. The smallest absolute Gasteiger partial charge is 0.417 e. The van der Waals surface area contributed by atoms with Crippen molar-refractivity contribution in [2.75, 3.05) is 17.7 Å². The number of nitrogens with zero attached hydrogens (tertiary/aromatic N) is 2. The zero-order valence-corrected chi connectivity index (χ0v) is 16.7. The van der Waals surface area contributed by atoms with E-state index in [1.54, 1.807) is 0 Å². The molecule has 11 heteroatoms. The van der Waals surface area contributed by atoms with Crippen LogP contribution in [-0.4, -0.2) is 32.8 Å². The number of rotatable bonds is 5. The molecule has 0 radical (unpaired) electrons. The molecule has 2 aromatic carbocycles. The van der Waals surface area contributed by atoms with Gasteiger partial charge in [-0.15, -0.1) is 0 Å². The molecule has 31 heavy (non-hydrogen) atoms. The van der Waals surface area contributed by atoms with Gasteiger partial charge in [0, 0.05) is 18.5 Å². The van der Waals surface area contributed by atoms with Crippen LogP contribution in [0.15, 0.2) is 54.7 Å². The predicted molar refractivity (Wildman–Crippen MR) is 110 cm³/mol. The topological polar surface area (TPSA) is 121 Å². The molecule has 7 nitrogen and oxygen atoms in total. The second kappa shape index (κ2) is 10.6. The normalized spacial score (nSPS) is 10.7. The maximum absolute atomic E-state index is 12.6. The second-order valence-electron chi connectivity index (χ2n) is 6.07. The van der Waals surface area contributed by atoms with E-state index in [1.807, 2.05) is 30.3 Å². The Kier molecular flexibility index (Phi) is 8.17. The van der Waals surface area contributed by atoms with Gasteiger partial charge in [0.2, 0.25) is 5.95 Å². The molecule has 3 aromatic rings. The van der Waals surface area contributed by atoms with Gasteiger partial charge in [-0.1, -0.05) is 41.9 Å². The average molecular weight is 455 g/mol. The van der Waals surface area contributed by atoms with Gasteiger partial charge in [-0.25, -0.2) is 9.78 Å². The van der Waals surface area contributed by atoms with Gasteiger partial charge in [0.15, 0.2) is 0 Å². The summed E-state index contributed by atoms with van der Waals surface area (Å²) in [5, 5.41) is 19.4. The number of hydrogen-bond acceptors (Lipinski definition) is 6. The summed E-state index contributed by atoms with van der Waals surface area (Å²) in [5.41, 5.74) is 5.58. The van der Waals surface area contributed by atoms with Crippen molar-refractivity contribution >= 4 is 35.0 Å². The number of halogens is 4. The highest BCUT2D eigenvalue weighted by molar-refractivity contribution is 6.31. The fourth-order valence-corrected chi connectivity index (χ4v) is 2.63. The molecule has 0 amide bonds. The van der Waals surface area contributed by atoms with Crippen molar-refractivity contribution in [3.05, 3.63) is 76.4 Å². The molecule has 0 aliphatic heterocycles. The maximum Gasteiger partial charge on any atom is 0.417 e. The van der Waals surface area contributed by atoms with Crippen molar-refractivity contribution in [2.45, 2.75) is 12.6 Å². The molecule has 3 rings (SSSR count). The number of aromatic carboxylic acids is 1. The summed E-state index contributed by atoms with van der Waals surface area (Å²) in [4.78, 5) is 18.2. The number of carboxylic acid groups (broad SMARTS) is 1. The Bertz CT molecular complexity index is 1030. The fourth-order valence-electron chi connectivity index (χ4n) is 2.35. The van der Waals surface area contributed by atoms with Gasteiger partial charge in [0.1, 0.15) is 11.4 Å². The minimum absolute atomic E-state index is 0.0710. The van der Waals surface area contributed by atoms with E-state index in [9.17, 15) is 18.0 Å². The third-order valence-electron chi connectivity index (χ3n) is 3.82. The first-order valence-electron chi connectivity index (χ1n) is 8.76. The molecular formula is C20H18ClF3N4O3. The Labute approximate surface area is 180 Å². The number of alkyl halides is 3. The molecule has 0 unspecified atom stereocenters. The number of hydrogen-bond donors (Lipinski definition) is 4.